The van der Waals surface area contributed by atoms with Crippen LogP contribution in [0.5, 0.6) is 0 Å². The summed E-state index contributed by atoms with van der Waals surface area (Å²) in [6.07, 6.45) is 0.682. The topological polar surface area (TPSA) is 70.6 Å². The van der Waals surface area contributed by atoms with E-state index < -0.39 is 17.6 Å². The van der Waals surface area contributed by atoms with Gasteiger partial charge in [-0.05, 0) is 32.5 Å². The molecule has 0 amide bonds. The van der Waals surface area contributed by atoms with Crippen LogP contribution in [0.1, 0.15) is 27.2 Å². The van der Waals surface area contributed by atoms with Crippen LogP contribution in [0.15, 0.2) is 0 Å². The molecule has 3 N–H and O–H groups in total. The van der Waals surface area contributed by atoms with Gasteiger partial charge in [0, 0.05) is 6.04 Å². The van der Waals surface area contributed by atoms with Crippen molar-refractivity contribution in [1.82, 2.24) is 10.6 Å². The van der Waals surface area contributed by atoms with Crippen LogP contribution in [-0.2, 0) is 9.53 Å². The number of thiocarbonyl (C=S) groups is 1. The molecule has 92 valence electrons. The minimum atomic E-state index is -1.37. The summed E-state index contributed by atoms with van der Waals surface area (Å²) in [6.45, 7) is 5.49. The molecule has 0 unspecified atom stereocenters. The third kappa shape index (κ3) is 2.62. The largest absolute Gasteiger partial charge is 0.466 e. The predicted molar refractivity (Wildman–Crippen MR) is 63.7 cm³/mol. The third-order valence-corrected chi connectivity index (χ3v) is 2.89. The summed E-state index contributed by atoms with van der Waals surface area (Å²) in [5.41, 5.74) is -1.37. The normalized spacial score (nSPS) is 33.9. The third-order valence-electron chi connectivity index (χ3n) is 2.67. The van der Waals surface area contributed by atoms with Gasteiger partial charge in [-0.3, -0.25) is 4.79 Å². The van der Waals surface area contributed by atoms with E-state index in [1.54, 1.807) is 6.92 Å². The maximum Gasteiger partial charge on any atom is 0.315 e. The maximum atomic E-state index is 11.8. The van der Waals surface area contributed by atoms with Gasteiger partial charge in [0.15, 0.2) is 5.11 Å². The first kappa shape index (κ1) is 13.2. The highest BCUT2D eigenvalue weighted by atomic mass is 32.1. The standard InChI is InChI=1S/C10H18N2O3S/c1-4-6-7(8(13)15-5-2)10(3,14)12-9(16)11-6/h6-7,14H,4-5H2,1-3H3,(H2,11,12,16)/t6-,7-,10+/m0/s1. The van der Waals surface area contributed by atoms with Crippen LogP contribution in [-0.4, -0.2) is 34.6 Å². The Morgan fingerprint density at radius 2 is 2.25 bits per heavy atom. The van der Waals surface area contributed by atoms with E-state index in [0.717, 1.165) is 0 Å². The molecule has 1 saturated heterocycles. The number of rotatable bonds is 3. The monoisotopic (exact) mass is 246 g/mol. The summed E-state index contributed by atoms with van der Waals surface area (Å²) in [4.78, 5) is 11.8. The van der Waals surface area contributed by atoms with Gasteiger partial charge < -0.3 is 20.5 Å². The zero-order valence-corrected chi connectivity index (χ0v) is 10.6. The van der Waals surface area contributed by atoms with E-state index in [1.165, 1.54) is 6.92 Å². The fraction of sp³-hybridized carbons (Fsp3) is 0.800. The van der Waals surface area contributed by atoms with E-state index in [4.69, 9.17) is 17.0 Å². The van der Waals surface area contributed by atoms with Gasteiger partial charge in [0.1, 0.15) is 11.6 Å². The molecule has 6 heteroatoms. The van der Waals surface area contributed by atoms with Crippen molar-refractivity contribution in [3.63, 3.8) is 0 Å². The van der Waals surface area contributed by atoms with E-state index in [1.807, 2.05) is 6.92 Å². The van der Waals surface area contributed by atoms with Crippen LogP contribution in [0.4, 0.5) is 0 Å². The van der Waals surface area contributed by atoms with Crippen LogP contribution in [0.3, 0.4) is 0 Å². The molecular formula is C10H18N2O3S. The average molecular weight is 246 g/mol. The molecule has 0 aromatic heterocycles. The van der Waals surface area contributed by atoms with Crippen LogP contribution in [0, 0.1) is 5.92 Å². The van der Waals surface area contributed by atoms with Crippen LogP contribution in [0.2, 0.25) is 0 Å². The second-order valence-corrected chi connectivity index (χ2v) is 4.40. The zero-order valence-electron chi connectivity index (χ0n) is 9.74. The van der Waals surface area contributed by atoms with Crippen molar-refractivity contribution in [3.8, 4) is 0 Å². The van der Waals surface area contributed by atoms with E-state index in [-0.39, 0.29) is 6.04 Å². The molecule has 0 aliphatic carbocycles. The SMILES string of the molecule is CCOC(=O)[C@@H]1[C@H](CC)NC(=S)N[C@]1(C)O. The van der Waals surface area contributed by atoms with Crippen LogP contribution in [0.25, 0.3) is 0 Å². The van der Waals surface area contributed by atoms with Gasteiger partial charge in [-0.1, -0.05) is 6.92 Å². The molecule has 16 heavy (non-hydrogen) atoms. The molecule has 0 aromatic carbocycles. The van der Waals surface area contributed by atoms with Crippen molar-refractivity contribution in [1.29, 1.82) is 0 Å². The van der Waals surface area contributed by atoms with Gasteiger partial charge in [0.2, 0.25) is 0 Å². The van der Waals surface area contributed by atoms with Gasteiger partial charge >= 0.3 is 5.97 Å². The predicted octanol–water partition coefficient (Wildman–Crippen LogP) is 0.131. The minimum Gasteiger partial charge on any atom is -0.466 e. The number of nitrogens with one attached hydrogen (secondary N) is 2. The van der Waals surface area contributed by atoms with Crippen molar-refractivity contribution in [3.05, 3.63) is 0 Å². The van der Waals surface area contributed by atoms with Crippen molar-refractivity contribution < 1.29 is 14.6 Å². The Hall–Kier alpha value is -0.880. The van der Waals surface area contributed by atoms with Crippen molar-refractivity contribution in [2.24, 2.45) is 5.92 Å². The summed E-state index contributed by atoms with van der Waals surface area (Å²) in [7, 11) is 0. The maximum absolute atomic E-state index is 11.8. The van der Waals surface area contributed by atoms with Gasteiger partial charge in [-0.2, -0.15) is 0 Å². The molecule has 1 aliphatic heterocycles. The molecule has 3 atom stereocenters. The molecule has 1 fully saturated rings. The number of hydrogen-bond acceptors (Lipinski definition) is 4. The Morgan fingerprint density at radius 1 is 1.62 bits per heavy atom. The molecular weight excluding hydrogens is 228 g/mol. The molecule has 0 bridgehead atoms. The fourth-order valence-electron chi connectivity index (χ4n) is 1.95. The van der Waals surface area contributed by atoms with Crippen molar-refractivity contribution in [2.45, 2.75) is 39.0 Å². The van der Waals surface area contributed by atoms with Crippen LogP contribution < -0.4 is 10.6 Å². The lowest BCUT2D eigenvalue weighted by molar-refractivity contribution is -0.162. The lowest BCUT2D eigenvalue weighted by Crippen LogP contribution is -2.68. The van der Waals surface area contributed by atoms with E-state index in [9.17, 15) is 9.90 Å². The zero-order chi connectivity index (χ0) is 12.3. The second-order valence-electron chi connectivity index (χ2n) is 3.99. The number of esters is 1. The quantitative estimate of drug-likeness (QED) is 0.486. The van der Waals surface area contributed by atoms with Crippen molar-refractivity contribution in [2.75, 3.05) is 6.61 Å². The number of hydrogen-bond donors (Lipinski definition) is 3. The first-order valence-electron chi connectivity index (χ1n) is 5.40. The summed E-state index contributed by atoms with van der Waals surface area (Å²) in [5, 5.41) is 16.2. The summed E-state index contributed by atoms with van der Waals surface area (Å²) >= 11 is 4.97. The first-order valence-corrected chi connectivity index (χ1v) is 5.80. The summed E-state index contributed by atoms with van der Waals surface area (Å²) in [5.74, 6) is -1.08. The highest BCUT2D eigenvalue weighted by molar-refractivity contribution is 7.80. The van der Waals surface area contributed by atoms with Crippen molar-refractivity contribution >= 4 is 23.3 Å². The summed E-state index contributed by atoms with van der Waals surface area (Å²) in [6, 6.07) is -0.206. The Balaban J connectivity index is 2.90. The smallest absolute Gasteiger partial charge is 0.315 e. The van der Waals surface area contributed by atoms with Gasteiger partial charge in [0.05, 0.1) is 6.61 Å². The highest BCUT2D eigenvalue weighted by Gasteiger charge is 2.47. The molecule has 1 aliphatic rings. The molecule has 0 radical (unpaired) electrons. The van der Waals surface area contributed by atoms with Crippen LogP contribution >= 0.6 is 12.2 Å². The fourth-order valence-corrected chi connectivity index (χ4v) is 2.31. The number of carbonyl (C=O) groups excluding carboxylic acids is 1. The molecule has 0 spiro atoms. The number of carbonyl (C=O) groups is 1. The Labute approximate surface area is 101 Å². The summed E-state index contributed by atoms with van der Waals surface area (Å²) < 4.78 is 4.96. The molecule has 0 aromatic rings. The van der Waals surface area contributed by atoms with Gasteiger partial charge in [0.25, 0.3) is 0 Å². The van der Waals surface area contributed by atoms with E-state index in [2.05, 4.69) is 10.6 Å². The highest BCUT2D eigenvalue weighted by Crippen LogP contribution is 2.25. The Kier molecular flexibility index (Phi) is 4.09. The van der Waals surface area contributed by atoms with Gasteiger partial charge in [-0.25, -0.2) is 0 Å². The average Bonchev–Trinajstić information content (AvgIpc) is 2.14. The second kappa shape index (κ2) is 4.97. The van der Waals surface area contributed by atoms with E-state index in [0.29, 0.717) is 18.1 Å². The van der Waals surface area contributed by atoms with E-state index >= 15 is 0 Å². The molecule has 1 heterocycles. The number of ether oxygens (including phenoxy) is 1. The molecule has 5 nitrogen and oxygen atoms in total. The lowest BCUT2D eigenvalue weighted by atomic mass is 9.86. The molecule has 0 saturated carbocycles. The Bertz CT molecular complexity index is 294. The Morgan fingerprint density at radius 3 is 2.75 bits per heavy atom. The molecule has 1 rings (SSSR count). The lowest BCUT2D eigenvalue weighted by Gasteiger charge is -2.42. The van der Waals surface area contributed by atoms with Gasteiger partial charge in [-0.15, -0.1) is 0 Å². The minimum absolute atomic E-state index is 0.206. The first-order chi connectivity index (χ1) is 7.42. The number of aliphatic hydroxyl groups is 1.